The summed E-state index contributed by atoms with van der Waals surface area (Å²) >= 11 is 0. The van der Waals surface area contributed by atoms with Crippen LogP contribution in [0.5, 0.6) is 5.88 Å². The predicted molar refractivity (Wildman–Crippen MR) is 162 cm³/mol. The molecule has 3 rings (SSSR count). The minimum atomic E-state index is -1.50. The van der Waals surface area contributed by atoms with Crippen LogP contribution in [0, 0.1) is 13.8 Å². The third kappa shape index (κ3) is 10.4. The SMILES string of the molecule is COCc1cc(C)c(NC(=O)Nc2cc(-c3ccc(OC)nc3)ccc2C(=O)N[C@H](C(=O)[O-])C(C)OC(C)(C)C)c(C)c1.[K+]. The minimum Gasteiger partial charge on any atom is -0.548 e. The summed E-state index contributed by atoms with van der Waals surface area (Å²) in [6.07, 6.45) is 0.703. The number of amides is 3. The molecular weight excluding hydrogens is 591 g/mol. The van der Waals surface area contributed by atoms with Crippen LogP contribution in [0.4, 0.5) is 16.2 Å². The van der Waals surface area contributed by atoms with Gasteiger partial charge in [0.2, 0.25) is 5.88 Å². The summed E-state index contributed by atoms with van der Waals surface area (Å²) in [6, 6.07) is 10.1. The molecule has 0 fully saturated rings. The van der Waals surface area contributed by atoms with Crippen molar-refractivity contribution in [3.05, 3.63) is 70.9 Å². The van der Waals surface area contributed by atoms with Gasteiger partial charge in [-0.15, -0.1) is 0 Å². The summed E-state index contributed by atoms with van der Waals surface area (Å²) in [7, 11) is 3.12. The monoisotopic (exact) mass is 630 g/mol. The van der Waals surface area contributed by atoms with Crippen LogP contribution in [0.1, 0.15) is 54.7 Å². The molecule has 3 amide bonds. The van der Waals surface area contributed by atoms with Gasteiger partial charge in [0.15, 0.2) is 0 Å². The Hall–Kier alpha value is -2.84. The van der Waals surface area contributed by atoms with Gasteiger partial charge in [0.05, 0.1) is 48.7 Å². The zero-order chi connectivity index (χ0) is 31.9. The van der Waals surface area contributed by atoms with Gasteiger partial charge in [0.1, 0.15) is 0 Å². The second-order valence-corrected chi connectivity index (χ2v) is 11.2. The first-order chi connectivity index (χ1) is 20.2. The topological polar surface area (TPSA) is 151 Å². The summed E-state index contributed by atoms with van der Waals surface area (Å²) in [5.74, 6) is -1.80. The van der Waals surface area contributed by atoms with Gasteiger partial charge in [-0.3, -0.25) is 4.79 Å². The number of rotatable bonds is 11. The number of nitrogens with one attached hydrogen (secondary N) is 3. The van der Waals surface area contributed by atoms with Crippen LogP contribution in [0.15, 0.2) is 48.7 Å². The summed E-state index contributed by atoms with van der Waals surface area (Å²) in [5, 5.41) is 20.1. The van der Waals surface area contributed by atoms with E-state index in [0.29, 0.717) is 29.3 Å². The van der Waals surface area contributed by atoms with E-state index in [1.807, 2.05) is 26.0 Å². The molecule has 0 aliphatic carbocycles. The number of pyridine rings is 1. The number of carbonyl (C=O) groups excluding carboxylic acids is 3. The normalized spacial score (nSPS) is 12.4. The number of anilines is 2. The van der Waals surface area contributed by atoms with Crippen molar-refractivity contribution >= 4 is 29.3 Å². The van der Waals surface area contributed by atoms with Crippen molar-refractivity contribution in [1.29, 1.82) is 0 Å². The van der Waals surface area contributed by atoms with Crippen molar-refractivity contribution in [3.8, 4) is 17.0 Å². The Morgan fingerprint density at radius 2 is 1.59 bits per heavy atom. The summed E-state index contributed by atoms with van der Waals surface area (Å²) in [4.78, 5) is 42.9. The molecule has 44 heavy (non-hydrogen) atoms. The fourth-order valence-corrected chi connectivity index (χ4v) is 4.68. The number of aliphatic carboxylic acids is 1. The van der Waals surface area contributed by atoms with Crippen molar-refractivity contribution < 1.29 is 85.1 Å². The molecular formula is C32H39KN4O7. The Bertz CT molecular complexity index is 1450. The van der Waals surface area contributed by atoms with Crippen LogP contribution in [-0.2, 0) is 20.9 Å². The number of carbonyl (C=O) groups is 3. The Balaban J connectivity index is 0.00000675. The molecule has 0 spiro atoms. The first-order valence-corrected chi connectivity index (χ1v) is 13.7. The van der Waals surface area contributed by atoms with Gasteiger partial charge < -0.3 is 40.1 Å². The maximum absolute atomic E-state index is 13.5. The van der Waals surface area contributed by atoms with Crippen molar-refractivity contribution in [1.82, 2.24) is 10.3 Å². The molecule has 11 nitrogen and oxygen atoms in total. The maximum atomic E-state index is 13.5. The summed E-state index contributed by atoms with van der Waals surface area (Å²) in [5.41, 5.74) is 4.14. The Labute approximate surface area is 300 Å². The first-order valence-electron chi connectivity index (χ1n) is 13.7. The standard InChI is InChI=1S/C32H40N4O7.K/c1-18-13-21(17-41-7)14-19(2)27(18)36-31(40)34-25-15-22(23-10-12-26(42-8)33-16-23)9-11-24(25)29(37)35-28(30(38)39)20(3)43-32(4,5)6;/h9-16,20,28H,17H2,1-8H3,(H,35,37)(H,38,39)(H2,34,36,40);/q;+1/p-1/t20?,28-;/m0./s1. The van der Waals surface area contributed by atoms with E-state index >= 15 is 0 Å². The van der Waals surface area contributed by atoms with E-state index in [2.05, 4.69) is 20.9 Å². The van der Waals surface area contributed by atoms with E-state index in [0.717, 1.165) is 16.7 Å². The van der Waals surface area contributed by atoms with Gasteiger partial charge in [-0.1, -0.05) is 18.2 Å². The molecule has 230 valence electrons. The van der Waals surface area contributed by atoms with Crippen molar-refractivity contribution in [3.63, 3.8) is 0 Å². The zero-order valence-corrected chi connectivity index (χ0v) is 29.9. The molecule has 0 saturated carbocycles. The molecule has 0 bridgehead atoms. The Kier molecular flexibility index (Phi) is 14.0. The molecule has 12 heteroatoms. The van der Waals surface area contributed by atoms with E-state index in [1.54, 1.807) is 65.3 Å². The number of urea groups is 1. The predicted octanol–water partition coefficient (Wildman–Crippen LogP) is 1.22. The average molecular weight is 631 g/mol. The first kappa shape index (κ1) is 37.3. The smallest absolute Gasteiger partial charge is 0.548 e. The van der Waals surface area contributed by atoms with Gasteiger partial charge in [-0.05, 0) is 82.0 Å². The number of hydrogen-bond acceptors (Lipinski definition) is 8. The van der Waals surface area contributed by atoms with E-state index in [9.17, 15) is 19.5 Å². The number of aryl methyl sites for hydroxylation is 2. The van der Waals surface area contributed by atoms with Crippen molar-refractivity contribution in [2.75, 3.05) is 24.9 Å². The van der Waals surface area contributed by atoms with Gasteiger partial charge in [-0.25, -0.2) is 9.78 Å². The van der Waals surface area contributed by atoms with Crippen LogP contribution >= 0.6 is 0 Å². The molecule has 0 aliphatic heterocycles. The summed E-state index contributed by atoms with van der Waals surface area (Å²) in [6.45, 7) is 11.1. The van der Waals surface area contributed by atoms with Gasteiger partial charge in [0.25, 0.3) is 5.91 Å². The largest absolute Gasteiger partial charge is 1.00 e. The number of methoxy groups -OCH3 is 2. The molecule has 0 radical (unpaired) electrons. The number of carboxylic acid groups (broad SMARTS) is 1. The molecule has 1 heterocycles. The number of aromatic nitrogens is 1. The van der Waals surface area contributed by atoms with E-state index < -0.39 is 35.7 Å². The zero-order valence-electron chi connectivity index (χ0n) is 26.8. The number of ether oxygens (including phenoxy) is 3. The fraction of sp³-hybridized carbons (Fsp3) is 0.375. The number of benzene rings is 2. The van der Waals surface area contributed by atoms with Crippen molar-refractivity contribution in [2.45, 2.75) is 65.9 Å². The summed E-state index contributed by atoms with van der Waals surface area (Å²) < 4.78 is 16.1. The van der Waals surface area contributed by atoms with Crippen LogP contribution < -0.4 is 77.2 Å². The minimum absolute atomic E-state index is 0. The molecule has 0 aliphatic rings. The quantitative estimate of drug-likeness (QED) is 0.268. The van der Waals surface area contributed by atoms with Crippen LogP contribution in [0.3, 0.4) is 0 Å². The third-order valence-corrected chi connectivity index (χ3v) is 6.48. The number of nitrogens with zero attached hydrogens (tertiary/aromatic N) is 1. The molecule has 3 aromatic rings. The van der Waals surface area contributed by atoms with E-state index in [4.69, 9.17) is 14.2 Å². The molecule has 3 N–H and O–H groups in total. The second-order valence-electron chi connectivity index (χ2n) is 11.2. The van der Waals surface area contributed by atoms with Crippen LogP contribution in [0.2, 0.25) is 0 Å². The third-order valence-electron chi connectivity index (χ3n) is 6.48. The Morgan fingerprint density at radius 1 is 0.955 bits per heavy atom. The van der Waals surface area contributed by atoms with E-state index in [-0.39, 0.29) is 62.6 Å². The fourth-order valence-electron chi connectivity index (χ4n) is 4.68. The van der Waals surface area contributed by atoms with Crippen molar-refractivity contribution in [2.24, 2.45) is 0 Å². The maximum Gasteiger partial charge on any atom is 1.00 e. The Morgan fingerprint density at radius 3 is 2.11 bits per heavy atom. The molecule has 1 aromatic heterocycles. The van der Waals surface area contributed by atoms with E-state index in [1.165, 1.54) is 13.2 Å². The number of hydrogen-bond donors (Lipinski definition) is 3. The number of carboxylic acids is 1. The molecule has 2 aromatic carbocycles. The van der Waals surface area contributed by atoms with Crippen LogP contribution in [-0.4, -0.2) is 54.9 Å². The molecule has 0 saturated heterocycles. The second kappa shape index (κ2) is 16.5. The molecule has 2 atom stereocenters. The van der Waals surface area contributed by atoms with Gasteiger partial charge >= 0.3 is 57.4 Å². The van der Waals surface area contributed by atoms with Gasteiger partial charge in [-0.2, -0.15) is 0 Å². The van der Waals surface area contributed by atoms with Crippen LogP contribution in [0.25, 0.3) is 11.1 Å². The molecule has 1 unspecified atom stereocenters. The van der Waals surface area contributed by atoms with Gasteiger partial charge in [0, 0.05) is 30.6 Å². The average Bonchev–Trinajstić information content (AvgIpc) is 2.92.